The van der Waals surface area contributed by atoms with Crippen LogP contribution in [0.4, 0.5) is 10.1 Å². The number of fused-ring (bicyclic) bond motifs is 1. The number of primary amides is 1. The quantitative estimate of drug-likeness (QED) is 0.574. The van der Waals surface area contributed by atoms with Gasteiger partial charge in [-0.05, 0) is 49.4 Å². The van der Waals surface area contributed by atoms with Crippen molar-refractivity contribution in [1.29, 1.82) is 0 Å². The molecule has 2 N–H and O–H groups in total. The van der Waals surface area contributed by atoms with Crippen LogP contribution in [0.15, 0.2) is 46.9 Å². The Bertz CT molecular complexity index is 1110. The molecule has 0 fully saturated rings. The monoisotopic (exact) mass is 432 g/mol. The molecular weight excluding hydrogens is 415 g/mol. The number of nitrogens with zero attached hydrogens (tertiary/aromatic N) is 1. The molecule has 0 unspecified atom stereocenters. The van der Waals surface area contributed by atoms with E-state index in [0.717, 1.165) is 0 Å². The molecule has 30 heavy (non-hydrogen) atoms. The molecule has 1 heterocycles. The molecular formula is C21H18ClFN2O5. The highest BCUT2D eigenvalue weighted by Gasteiger charge is 2.23. The van der Waals surface area contributed by atoms with Crippen LogP contribution in [0.1, 0.15) is 22.5 Å². The molecule has 0 atom stereocenters. The van der Waals surface area contributed by atoms with Crippen LogP contribution in [-0.4, -0.2) is 30.9 Å². The first-order valence-corrected chi connectivity index (χ1v) is 9.34. The summed E-state index contributed by atoms with van der Waals surface area (Å²) in [6.45, 7) is 1.03. The highest BCUT2D eigenvalue weighted by atomic mass is 35.5. The van der Waals surface area contributed by atoms with E-state index in [1.165, 1.54) is 29.2 Å². The van der Waals surface area contributed by atoms with E-state index in [-0.39, 0.29) is 18.7 Å². The highest BCUT2D eigenvalue weighted by molar-refractivity contribution is 6.31. The average molecular weight is 433 g/mol. The van der Waals surface area contributed by atoms with Crippen molar-refractivity contribution in [3.05, 3.63) is 64.6 Å². The summed E-state index contributed by atoms with van der Waals surface area (Å²) in [6, 6.07) is 10.0. The fraction of sp³-hybridized carbons (Fsp3) is 0.190. The summed E-state index contributed by atoms with van der Waals surface area (Å²) >= 11 is 5.97. The lowest BCUT2D eigenvalue weighted by Crippen LogP contribution is -2.37. The van der Waals surface area contributed by atoms with Gasteiger partial charge < -0.3 is 19.8 Å². The molecule has 0 saturated heterocycles. The van der Waals surface area contributed by atoms with Crippen LogP contribution in [0, 0.1) is 12.7 Å². The molecule has 1 aromatic heterocycles. The normalized spacial score (nSPS) is 10.8. The molecule has 0 saturated carbocycles. The number of rotatable bonds is 7. The maximum absolute atomic E-state index is 13.2. The molecule has 0 aliphatic heterocycles. The molecule has 3 rings (SSSR count). The Balaban J connectivity index is 1.74. The first-order chi connectivity index (χ1) is 14.3. The number of hydrogen-bond acceptors (Lipinski definition) is 5. The van der Waals surface area contributed by atoms with Gasteiger partial charge in [-0.15, -0.1) is 0 Å². The predicted molar refractivity (Wildman–Crippen MR) is 109 cm³/mol. The van der Waals surface area contributed by atoms with Gasteiger partial charge >= 0.3 is 5.97 Å². The lowest BCUT2D eigenvalue weighted by Gasteiger charge is -2.22. The highest BCUT2D eigenvalue weighted by Crippen LogP contribution is 2.28. The Kier molecular flexibility index (Phi) is 6.37. The maximum Gasteiger partial charge on any atom is 0.375 e. The van der Waals surface area contributed by atoms with Crippen LogP contribution >= 0.6 is 11.6 Å². The predicted octanol–water partition coefficient (Wildman–Crippen LogP) is 3.60. The number of nitrogens with two attached hydrogens (primary N) is 1. The van der Waals surface area contributed by atoms with Crippen molar-refractivity contribution in [2.24, 2.45) is 5.73 Å². The van der Waals surface area contributed by atoms with Gasteiger partial charge in [0.2, 0.25) is 11.7 Å². The van der Waals surface area contributed by atoms with Gasteiger partial charge in [0.25, 0.3) is 5.91 Å². The van der Waals surface area contributed by atoms with E-state index in [9.17, 15) is 18.8 Å². The molecule has 0 aliphatic carbocycles. The number of carbonyl (C=O) groups is 3. The van der Waals surface area contributed by atoms with Crippen LogP contribution in [0.2, 0.25) is 5.02 Å². The summed E-state index contributed by atoms with van der Waals surface area (Å²) in [5, 5.41) is 1.15. The number of furan rings is 1. The van der Waals surface area contributed by atoms with E-state index in [0.29, 0.717) is 27.2 Å². The van der Waals surface area contributed by atoms with Crippen LogP contribution in [-0.2, 0) is 14.3 Å². The van der Waals surface area contributed by atoms with E-state index in [2.05, 4.69) is 0 Å². The zero-order valence-electron chi connectivity index (χ0n) is 16.0. The molecule has 2 aromatic carbocycles. The van der Waals surface area contributed by atoms with Gasteiger partial charge in [0.05, 0.1) is 0 Å². The van der Waals surface area contributed by atoms with Crippen molar-refractivity contribution in [3.8, 4) is 0 Å². The third-order valence-corrected chi connectivity index (χ3v) is 4.67. The van der Waals surface area contributed by atoms with E-state index in [4.69, 9.17) is 26.5 Å². The van der Waals surface area contributed by atoms with Gasteiger partial charge in [0, 0.05) is 34.6 Å². The number of halogens is 2. The first kappa shape index (κ1) is 21.3. The van der Waals surface area contributed by atoms with Crippen LogP contribution < -0.4 is 10.6 Å². The van der Waals surface area contributed by atoms with Crippen molar-refractivity contribution in [3.63, 3.8) is 0 Å². The molecule has 2 amide bonds. The fourth-order valence-electron chi connectivity index (χ4n) is 2.90. The fourth-order valence-corrected chi connectivity index (χ4v) is 3.07. The first-order valence-electron chi connectivity index (χ1n) is 8.96. The lowest BCUT2D eigenvalue weighted by atomic mass is 10.1. The minimum Gasteiger partial charge on any atom is -0.450 e. The van der Waals surface area contributed by atoms with Crippen molar-refractivity contribution in [2.75, 3.05) is 18.1 Å². The van der Waals surface area contributed by atoms with Crippen LogP contribution in [0.25, 0.3) is 11.0 Å². The summed E-state index contributed by atoms with van der Waals surface area (Å²) < 4.78 is 23.8. The van der Waals surface area contributed by atoms with E-state index < -0.39 is 30.2 Å². The lowest BCUT2D eigenvalue weighted by molar-refractivity contribution is -0.122. The Morgan fingerprint density at radius 1 is 1.17 bits per heavy atom. The summed E-state index contributed by atoms with van der Waals surface area (Å²) in [6.07, 6.45) is -0.111. The van der Waals surface area contributed by atoms with Crippen molar-refractivity contribution < 1.29 is 27.9 Å². The Morgan fingerprint density at radius 2 is 1.87 bits per heavy atom. The van der Waals surface area contributed by atoms with E-state index >= 15 is 0 Å². The number of aryl methyl sites for hydroxylation is 1. The number of anilines is 1. The van der Waals surface area contributed by atoms with Gasteiger partial charge in [0.1, 0.15) is 11.4 Å². The average Bonchev–Trinajstić information content (AvgIpc) is 3.03. The van der Waals surface area contributed by atoms with Gasteiger partial charge in [-0.25, -0.2) is 9.18 Å². The SMILES string of the molecule is Cc1c(C(=O)OCC(=O)N(CCC(N)=O)c2ccc(F)cc2)oc2ccc(Cl)cc12. The second-order valence-corrected chi connectivity index (χ2v) is 6.95. The molecule has 0 radical (unpaired) electrons. The number of hydrogen-bond donors (Lipinski definition) is 1. The molecule has 3 aromatic rings. The summed E-state index contributed by atoms with van der Waals surface area (Å²) in [4.78, 5) is 37.4. The molecule has 7 nitrogen and oxygen atoms in total. The summed E-state index contributed by atoms with van der Waals surface area (Å²) in [5.41, 5.74) is 6.50. The van der Waals surface area contributed by atoms with Crippen molar-refractivity contribution in [1.82, 2.24) is 0 Å². The zero-order chi connectivity index (χ0) is 21.8. The molecule has 156 valence electrons. The molecule has 0 bridgehead atoms. The number of esters is 1. The van der Waals surface area contributed by atoms with Crippen molar-refractivity contribution >= 4 is 46.0 Å². The molecule has 0 aliphatic rings. The topological polar surface area (TPSA) is 103 Å². The number of amides is 2. The number of ether oxygens (including phenoxy) is 1. The van der Waals surface area contributed by atoms with Crippen LogP contribution in [0.5, 0.6) is 0 Å². The largest absolute Gasteiger partial charge is 0.450 e. The second kappa shape index (κ2) is 8.96. The van der Waals surface area contributed by atoms with Gasteiger partial charge in [-0.1, -0.05) is 11.6 Å². The summed E-state index contributed by atoms with van der Waals surface area (Å²) in [5.74, 6) is -2.54. The molecule has 0 spiro atoms. The van der Waals surface area contributed by atoms with E-state index in [1.807, 2.05) is 0 Å². The third-order valence-electron chi connectivity index (χ3n) is 4.43. The third kappa shape index (κ3) is 4.77. The Labute approximate surface area is 176 Å². The smallest absolute Gasteiger partial charge is 0.375 e. The zero-order valence-corrected chi connectivity index (χ0v) is 16.7. The van der Waals surface area contributed by atoms with Gasteiger partial charge in [-0.2, -0.15) is 0 Å². The van der Waals surface area contributed by atoms with Crippen molar-refractivity contribution in [2.45, 2.75) is 13.3 Å². The van der Waals surface area contributed by atoms with Gasteiger partial charge in [0.15, 0.2) is 6.61 Å². The maximum atomic E-state index is 13.2. The Morgan fingerprint density at radius 3 is 2.53 bits per heavy atom. The number of benzene rings is 2. The Hall–Kier alpha value is -3.39. The minimum absolute atomic E-state index is 0.0365. The number of carbonyl (C=O) groups excluding carboxylic acids is 3. The molecule has 9 heteroatoms. The van der Waals surface area contributed by atoms with Crippen LogP contribution in [0.3, 0.4) is 0 Å². The van der Waals surface area contributed by atoms with Gasteiger partial charge in [-0.3, -0.25) is 9.59 Å². The standard InChI is InChI=1S/C21H18ClFN2O5/c1-12-16-10-13(22)2-7-17(16)30-20(12)21(28)29-11-19(27)25(9-8-18(24)26)15-5-3-14(23)4-6-15/h2-7,10H,8-9,11H2,1H3,(H2,24,26). The van der Waals surface area contributed by atoms with E-state index in [1.54, 1.807) is 25.1 Å². The minimum atomic E-state index is -0.817. The summed E-state index contributed by atoms with van der Waals surface area (Å²) in [7, 11) is 0. The second-order valence-electron chi connectivity index (χ2n) is 6.51.